The molecule has 2 heterocycles. The molecule has 1 N–H and O–H groups in total. The largest absolute Gasteiger partial charge is 0.380 e. The Morgan fingerprint density at radius 1 is 1.46 bits per heavy atom. The molecule has 1 aliphatic rings. The molecular formula is C17H31N5O2. The predicted octanol–water partition coefficient (Wildman–Crippen LogP) is 1.45. The van der Waals surface area contributed by atoms with Gasteiger partial charge in [0.25, 0.3) is 0 Å². The lowest BCUT2D eigenvalue weighted by Crippen LogP contribution is -2.54. The van der Waals surface area contributed by atoms with Crippen LogP contribution in [0.25, 0.3) is 0 Å². The highest BCUT2D eigenvalue weighted by Crippen LogP contribution is 2.14. The van der Waals surface area contributed by atoms with E-state index in [1.807, 2.05) is 31.5 Å². The fourth-order valence-electron chi connectivity index (χ4n) is 3.08. The van der Waals surface area contributed by atoms with E-state index in [0.717, 1.165) is 45.2 Å². The molecule has 24 heavy (non-hydrogen) atoms. The van der Waals surface area contributed by atoms with Crippen LogP contribution >= 0.6 is 0 Å². The van der Waals surface area contributed by atoms with Gasteiger partial charge in [0.1, 0.15) is 5.82 Å². The summed E-state index contributed by atoms with van der Waals surface area (Å²) in [6.45, 7) is 14.0. The predicted molar refractivity (Wildman–Crippen MR) is 95.2 cm³/mol. The van der Waals surface area contributed by atoms with Gasteiger partial charge in [-0.3, -0.25) is 14.6 Å². The Labute approximate surface area is 144 Å². The number of nitrogens with one attached hydrogen (secondary N) is 1. The number of aromatic nitrogens is 2. The molecule has 0 radical (unpaired) electrons. The van der Waals surface area contributed by atoms with Gasteiger partial charge in [-0.15, -0.1) is 0 Å². The first-order valence-electron chi connectivity index (χ1n) is 8.88. The lowest BCUT2D eigenvalue weighted by Gasteiger charge is -2.39. The van der Waals surface area contributed by atoms with Gasteiger partial charge in [0.15, 0.2) is 0 Å². The summed E-state index contributed by atoms with van der Waals surface area (Å²) in [6, 6.07) is 2.50. The van der Waals surface area contributed by atoms with Crippen molar-refractivity contribution >= 4 is 11.7 Å². The number of amides is 1. The number of rotatable bonds is 8. The van der Waals surface area contributed by atoms with Crippen molar-refractivity contribution in [3.05, 3.63) is 12.3 Å². The normalized spacial score (nSPS) is 19.8. The van der Waals surface area contributed by atoms with E-state index in [9.17, 15) is 4.79 Å². The highest BCUT2D eigenvalue weighted by atomic mass is 16.5. The summed E-state index contributed by atoms with van der Waals surface area (Å²) in [4.78, 5) is 17.0. The summed E-state index contributed by atoms with van der Waals surface area (Å²) in [5.41, 5.74) is 0. The lowest BCUT2D eigenvalue weighted by molar-refractivity contribution is -0.118. The van der Waals surface area contributed by atoms with Crippen molar-refractivity contribution in [2.75, 3.05) is 51.3 Å². The van der Waals surface area contributed by atoms with E-state index in [0.29, 0.717) is 12.6 Å². The smallest absolute Gasteiger partial charge is 0.239 e. The first kappa shape index (κ1) is 18.9. The van der Waals surface area contributed by atoms with Gasteiger partial charge in [-0.2, -0.15) is 5.10 Å². The van der Waals surface area contributed by atoms with Crippen LogP contribution in [0.15, 0.2) is 12.3 Å². The fourth-order valence-corrected chi connectivity index (χ4v) is 3.08. The molecule has 2 rings (SSSR count). The molecule has 0 saturated carbocycles. The number of carbonyl (C=O) groups is 1. The quantitative estimate of drug-likeness (QED) is 0.728. The van der Waals surface area contributed by atoms with E-state index in [2.05, 4.69) is 27.1 Å². The molecule has 7 heteroatoms. The van der Waals surface area contributed by atoms with Crippen molar-refractivity contribution in [3.8, 4) is 0 Å². The van der Waals surface area contributed by atoms with Crippen molar-refractivity contribution in [3.63, 3.8) is 0 Å². The standard InChI is InChI=1S/C17H31N5O2/c1-5-24-11-10-21-9-8-20(12-15(21)4)13-17(23)19-16-6-7-18-22(16)14(2)3/h6-7,14-15H,5,8-13H2,1-4H3,(H,19,23). The van der Waals surface area contributed by atoms with Crippen molar-refractivity contribution in [2.45, 2.75) is 39.8 Å². The highest BCUT2D eigenvalue weighted by Gasteiger charge is 2.24. The minimum atomic E-state index is 0.0207. The van der Waals surface area contributed by atoms with Crippen LogP contribution in [0.4, 0.5) is 5.82 Å². The molecule has 0 aromatic carbocycles. The Morgan fingerprint density at radius 3 is 2.92 bits per heavy atom. The molecule has 136 valence electrons. The number of ether oxygens (including phenoxy) is 1. The van der Waals surface area contributed by atoms with E-state index in [1.165, 1.54) is 0 Å². The molecule has 1 aromatic rings. The molecule has 1 atom stereocenters. The van der Waals surface area contributed by atoms with Gasteiger partial charge in [0.05, 0.1) is 19.3 Å². The number of anilines is 1. The average Bonchev–Trinajstić information content (AvgIpc) is 2.97. The van der Waals surface area contributed by atoms with Crippen LogP contribution in [0.1, 0.15) is 33.7 Å². The molecule has 1 aliphatic heterocycles. The zero-order valence-electron chi connectivity index (χ0n) is 15.4. The number of hydrogen-bond acceptors (Lipinski definition) is 5. The lowest BCUT2D eigenvalue weighted by atomic mass is 10.2. The molecular weight excluding hydrogens is 306 g/mol. The number of carbonyl (C=O) groups excluding carboxylic acids is 1. The van der Waals surface area contributed by atoms with Crippen LogP contribution in [0, 0.1) is 0 Å². The molecule has 7 nitrogen and oxygen atoms in total. The molecule has 1 aromatic heterocycles. The van der Waals surface area contributed by atoms with Gasteiger partial charge in [0, 0.05) is 50.9 Å². The van der Waals surface area contributed by atoms with Crippen LogP contribution in [0.3, 0.4) is 0 Å². The third-order valence-electron chi connectivity index (χ3n) is 4.37. The third kappa shape index (κ3) is 5.29. The van der Waals surface area contributed by atoms with Crippen LogP contribution in [0.2, 0.25) is 0 Å². The Hall–Kier alpha value is -1.44. The number of piperazine rings is 1. The van der Waals surface area contributed by atoms with Crippen LogP contribution in [0.5, 0.6) is 0 Å². The zero-order valence-corrected chi connectivity index (χ0v) is 15.4. The summed E-state index contributed by atoms with van der Waals surface area (Å²) < 4.78 is 7.26. The van der Waals surface area contributed by atoms with Gasteiger partial charge < -0.3 is 10.1 Å². The van der Waals surface area contributed by atoms with E-state index in [1.54, 1.807) is 6.20 Å². The van der Waals surface area contributed by atoms with Crippen molar-refractivity contribution in [2.24, 2.45) is 0 Å². The van der Waals surface area contributed by atoms with E-state index in [4.69, 9.17) is 4.74 Å². The zero-order chi connectivity index (χ0) is 17.5. The van der Waals surface area contributed by atoms with Crippen LogP contribution in [-0.2, 0) is 9.53 Å². The molecule has 0 spiro atoms. The van der Waals surface area contributed by atoms with E-state index < -0.39 is 0 Å². The molecule has 1 amide bonds. The van der Waals surface area contributed by atoms with Gasteiger partial charge in [-0.05, 0) is 27.7 Å². The topological polar surface area (TPSA) is 62.6 Å². The molecule has 0 aliphatic carbocycles. The monoisotopic (exact) mass is 337 g/mol. The third-order valence-corrected chi connectivity index (χ3v) is 4.37. The van der Waals surface area contributed by atoms with Crippen molar-refractivity contribution < 1.29 is 9.53 Å². The second-order valence-electron chi connectivity index (χ2n) is 6.62. The number of hydrogen-bond donors (Lipinski definition) is 1. The Bertz CT molecular complexity index is 517. The average molecular weight is 337 g/mol. The fraction of sp³-hybridized carbons (Fsp3) is 0.765. The molecule has 1 saturated heterocycles. The van der Waals surface area contributed by atoms with Crippen LogP contribution < -0.4 is 5.32 Å². The van der Waals surface area contributed by atoms with Gasteiger partial charge in [-0.25, -0.2) is 4.68 Å². The first-order valence-corrected chi connectivity index (χ1v) is 8.88. The Balaban J connectivity index is 1.78. The summed E-state index contributed by atoms with van der Waals surface area (Å²) in [5.74, 6) is 0.783. The minimum absolute atomic E-state index is 0.0207. The molecule has 0 bridgehead atoms. The maximum absolute atomic E-state index is 12.3. The highest BCUT2D eigenvalue weighted by molar-refractivity contribution is 5.91. The second-order valence-corrected chi connectivity index (χ2v) is 6.62. The minimum Gasteiger partial charge on any atom is -0.380 e. The number of nitrogens with zero attached hydrogens (tertiary/aromatic N) is 4. The second kappa shape index (κ2) is 9.15. The summed E-state index contributed by atoms with van der Waals surface area (Å²) in [5, 5.41) is 7.22. The molecule has 1 unspecified atom stereocenters. The van der Waals surface area contributed by atoms with Crippen molar-refractivity contribution in [1.82, 2.24) is 19.6 Å². The summed E-state index contributed by atoms with van der Waals surface area (Å²) in [7, 11) is 0. The first-order chi connectivity index (χ1) is 11.5. The maximum Gasteiger partial charge on any atom is 0.239 e. The Kier molecular flexibility index (Phi) is 7.20. The summed E-state index contributed by atoms with van der Waals surface area (Å²) >= 11 is 0. The van der Waals surface area contributed by atoms with Gasteiger partial charge in [0.2, 0.25) is 5.91 Å². The Morgan fingerprint density at radius 2 is 2.25 bits per heavy atom. The SMILES string of the molecule is CCOCCN1CCN(CC(=O)Nc2ccnn2C(C)C)CC1C. The molecule has 1 fully saturated rings. The van der Waals surface area contributed by atoms with Gasteiger partial charge >= 0.3 is 0 Å². The van der Waals surface area contributed by atoms with Gasteiger partial charge in [-0.1, -0.05) is 0 Å². The maximum atomic E-state index is 12.3. The van der Waals surface area contributed by atoms with E-state index in [-0.39, 0.29) is 11.9 Å². The summed E-state index contributed by atoms with van der Waals surface area (Å²) in [6.07, 6.45) is 1.72. The van der Waals surface area contributed by atoms with E-state index >= 15 is 0 Å². The van der Waals surface area contributed by atoms with Crippen molar-refractivity contribution in [1.29, 1.82) is 0 Å². The van der Waals surface area contributed by atoms with Crippen LogP contribution in [-0.4, -0.2) is 77.5 Å².